The summed E-state index contributed by atoms with van der Waals surface area (Å²) >= 11 is 0. The molecular formula is C28H22CrN9O8S. The van der Waals surface area contributed by atoms with Crippen LogP contribution in [0.2, 0.25) is 0 Å². The van der Waals surface area contributed by atoms with Crippen molar-refractivity contribution in [2.45, 2.75) is 11.8 Å². The van der Waals surface area contributed by atoms with Gasteiger partial charge in [0.25, 0.3) is 5.69 Å². The molecule has 19 heteroatoms. The topological polar surface area (TPSA) is 282 Å². The molecule has 0 saturated carbocycles. The van der Waals surface area contributed by atoms with Crippen molar-refractivity contribution >= 4 is 49.9 Å². The first-order valence-electron chi connectivity index (χ1n) is 12.7. The smallest absolute Gasteiger partial charge is 0.871 e. The van der Waals surface area contributed by atoms with Crippen molar-refractivity contribution in [3.05, 3.63) is 112 Å². The number of aromatic nitrogens is 2. The standard InChI is InChI=1S/C16H13N5O4.C12H10N4O4S.Cr/c1-10-15(16(23)20(19-10)11-5-3-2-4-6-11)18-17-13-9-12(21(24)25)7-8-14(13)22;13-7-1-3-10(9(14)5-7)15-16-11-6-8(21(18,19)20)2-4-12(11)17;/h2-9,22-23H,1H3;1-6H,(H4-2,13,14,15,16,17,18,19,20);/q;-2;+3/p-1. The van der Waals surface area contributed by atoms with Gasteiger partial charge in [-0.1, -0.05) is 42.1 Å². The van der Waals surface area contributed by atoms with Gasteiger partial charge in [-0.2, -0.15) is 15.3 Å². The minimum Gasteiger partial charge on any atom is -0.871 e. The molecule has 0 amide bonds. The number of non-ortho nitro benzene ring substituents is 1. The van der Waals surface area contributed by atoms with E-state index in [2.05, 4.69) is 25.6 Å². The SMILES string of the molecule is Cc1nn(-c2ccccc2)c([O-])c1N=Nc1cc([N+](=O)[O-])ccc1[O-].[Cr+3].[H+].[H+].[NH-]c1ccc(N=Nc2cc(S(=O)(=O)[O-])ccc2O)c([NH-])c1. The second-order valence-corrected chi connectivity index (χ2v) is 10.5. The van der Waals surface area contributed by atoms with Crippen molar-refractivity contribution in [2.75, 3.05) is 0 Å². The molecule has 1 heterocycles. The number of benzene rings is 4. The largest absolute Gasteiger partial charge is 3.00 e. The van der Waals surface area contributed by atoms with Crippen LogP contribution in [0.1, 0.15) is 8.55 Å². The molecular weight excluding hydrogens is 674 g/mol. The molecule has 0 aliphatic rings. The van der Waals surface area contributed by atoms with Crippen LogP contribution in [0.5, 0.6) is 17.4 Å². The fourth-order valence-electron chi connectivity index (χ4n) is 3.63. The van der Waals surface area contributed by atoms with Crippen molar-refractivity contribution in [3.63, 3.8) is 0 Å². The first-order valence-corrected chi connectivity index (χ1v) is 14.1. The van der Waals surface area contributed by atoms with E-state index < -0.39 is 31.6 Å². The Bertz CT molecular complexity index is 2100. The minimum absolute atomic E-state index is 0. The van der Waals surface area contributed by atoms with Crippen LogP contribution in [0.15, 0.2) is 110 Å². The third-order valence-corrected chi connectivity index (χ3v) is 6.73. The summed E-state index contributed by atoms with van der Waals surface area (Å²) in [6, 6.07) is 18.8. The second-order valence-electron chi connectivity index (χ2n) is 9.13. The van der Waals surface area contributed by atoms with Gasteiger partial charge in [-0.25, -0.2) is 13.1 Å². The fraction of sp³-hybridized carbons (Fsp3) is 0.0357. The molecule has 1 aromatic heterocycles. The molecule has 4 aromatic carbocycles. The molecule has 3 N–H and O–H groups in total. The normalized spacial score (nSPS) is 11.2. The summed E-state index contributed by atoms with van der Waals surface area (Å²) in [6.07, 6.45) is 0. The van der Waals surface area contributed by atoms with Gasteiger partial charge >= 0.3 is 20.2 Å². The zero-order valence-electron chi connectivity index (χ0n) is 25.8. The molecule has 5 rings (SSSR count). The van der Waals surface area contributed by atoms with E-state index in [0.29, 0.717) is 11.4 Å². The Morgan fingerprint density at radius 2 is 1.53 bits per heavy atom. The summed E-state index contributed by atoms with van der Waals surface area (Å²) in [7, 11) is -4.66. The average Bonchev–Trinajstić information content (AvgIpc) is 3.29. The van der Waals surface area contributed by atoms with Crippen LogP contribution in [0.3, 0.4) is 0 Å². The molecule has 0 aliphatic carbocycles. The Labute approximate surface area is 280 Å². The van der Waals surface area contributed by atoms with Gasteiger partial charge in [0.1, 0.15) is 27.2 Å². The molecule has 1 radical (unpaired) electrons. The number of nitro benzene ring substituents is 1. The number of aryl methyl sites for hydroxylation is 1. The van der Waals surface area contributed by atoms with Crippen LogP contribution < -0.4 is 10.2 Å². The summed E-state index contributed by atoms with van der Waals surface area (Å²) in [5, 5.41) is 63.5. The van der Waals surface area contributed by atoms with Gasteiger partial charge in [0.05, 0.1) is 32.6 Å². The molecule has 239 valence electrons. The maximum absolute atomic E-state index is 12.4. The van der Waals surface area contributed by atoms with Gasteiger partial charge in [-0.3, -0.25) is 10.1 Å². The van der Waals surface area contributed by atoms with E-state index in [-0.39, 0.29) is 65.8 Å². The van der Waals surface area contributed by atoms with Gasteiger partial charge in [-0.15, -0.1) is 21.6 Å². The summed E-state index contributed by atoms with van der Waals surface area (Å²) in [5.41, 5.74) is 15.3. The van der Waals surface area contributed by atoms with Crippen LogP contribution in [-0.4, -0.2) is 32.8 Å². The van der Waals surface area contributed by atoms with E-state index in [1.807, 2.05) is 6.07 Å². The number of nitrogens with zero attached hydrogens (tertiary/aromatic N) is 7. The average molecular weight is 697 g/mol. The molecule has 47 heavy (non-hydrogen) atoms. The zero-order valence-corrected chi connectivity index (χ0v) is 25.9. The molecule has 5 aromatic rings. The number of nitro groups is 1. The zero-order chi connectivity index (χ0) is 33.6. The van der Waals surface area contributed by atoms with Crippen LogP contribution in [-0.2, 0) is 27.5 Å². The van der Waals surface area contributed by atoms with Crippen molar-refractivity contribution in [2.24, 2.45) is 20.5 Å². The van der Waals surface area contributed by atoms with E-state index in [9.17, 15) is 38.4 Å². The number of rotatable bonds is 7. The number of hydrogen-bond acceptors (Lipinski definition) is 13. The fourth-order valence-corrected chi connectivity index (χ4v) is 4.12. The Morgan fingerprint density at radius 3 is 2.17 bits per heavy atom. The summed E-state index contributed by atoms with van der Waals surface area (Å²) in [4.78, 5) is 9.59. The van der Waals surface area contributed by atoms with Gasteiger partial charge in [-0.05, 0) is 43.3 Å². The third kappa shape index (κ3) is 8.87. The van der Waals surface area contributed by atoms with Crippen LogP contribution >= 0.6 is 0 Å². The molecule has 0 unspecified atom stereocenters. The number of nitrogens with one attached hydrogen (secondary N) is 2. The van der Waals surface area contributed by atoms with Crippen molar-refractivity contribution < 1.29 is 53.4 Å². The third-order valence-electron chi connectivity index (χ3n) is 5.90. The maximum Gasteiger partial charge on any atom is 3.00 e. The number of hydrogen-bond donors (Lipinski definition) is 1. The van der Waals surface area contributed by atoms with E-state index >= 15 is 0 Å². The monoisotopic (exact) mass is 696 g/mol. The van der Waals surface area contributed by atoms with Crippen molar-refractivity contribution in [1.82, 2.24) is 9.78 Å². The first-order chi connectivity index (χ1) is 21.7. The predicted molar refractivity (Wildman–Crippen MR) is 161 cm³/mol. The number of phenolic OH excluding ortho intramolecular Hbond substituents is 1. The Balaban J connectivity index is 0.000000468. The molecule has 0 saturated heterocycles. The quantitative estimate of drug-likeness (QED) is 0.0795. The predicted octanol–water partition coefficient (Wildman–Crippen LogP) is 6.95. The molecule has 0 atom stereocenters. The summed E-state index contributed by atoms with van der Waals surface area (Å²) < 4.78 is 33.9. The minimum atomic E-state index is -4.66. The van der Waals surface area contributed by atoms with Crippen molar-refractivity contribution in [3.8, 4) is 23.1 Å². The van der Waals surface area contributed by atoms with Gasteiger partial charge in [0, 0.05) is 18.0 Å². The molecule has 0 bridgehead atoms. The Morgan fingerprint density at radius 1 is 0.872 bits per heavy atom. The van der Waals surface area contributed by atoms with Crippen LogP contribution in [0, 0.1) is 17.0 Å². The van der Waals surface area contributed by atoms with Crippen LogP contribution in [0.25, 0.3) is 17.2 Å². The Kier molecular flexibility index (Phi) is 11.3. The van der Waals surface area contributed by atoms with Crippen molar-refractivity contribution in [1.29, 1.82) is 0 Å². The van der Waals surface area contributed by atoms with E-state index in [4.69, 9.17) is 11.5 Å². The van der Waals surface area contributed by atoms with Gasteiger partial charge in [0.2, 0.25) is 0 Å². The molecule has 0 aliphatic heterocycles. The number of para-hydroxylation sites is 1. The van der Waals surface area contributed by atoms with Crippen LogP contribution in [0.4, 0.5) is 39.8 Å². The van der Waals surface area contributed by atoms with Gasteiger partial charge < -0.3 is 31.3 Å². The second kappa shape index (κ2) is 14.9. The van der Waals surface area contributed by atoms with E-state index in [0.717, 1.165) is 36.4 Å². The van der Waals surface area contributed by atoms with E-state index in [1.165, 1.54) is 22.9 Å². The van der Waals surface area contributed by atoms with E-state index in [1.54, 1.807) is 31.2 Å². The number of phenols is 1. The first kappa shape index (κ1) is 35.6. The number of azo groups is 2. The maximum atomic E-state index is 12.4. The number of aromatic hydroxyl groups is 1. The van der Waals surface area contributed by atoms with Gasteiger partial charge in [0.15, 0.2) is 0 Å². The summed E-state index contributed by atoms with van der Waals surface area (Å²) in [6.45, 7) is 1.58. The summed E-state index contributed by atoms with van der Waals surface area (Å²) in [5.74, 6) is -1.38. The molecule has 0 fully saturated rings. The molecule has 0 spiro atoms. The Hall–Kier alpha value is -5.87. The molecule has 17 nitrogen and oxygen atoms in total.